The molecule has 20 heavy (non-hydrogen) atoms. The first-order valence-corrected chi connectivity index (χ1v) is 8.59. The van der Waals surface area contributed by atoms with E-state index < -0.39 is 0 Å². The molecule has 0 saturated carbocycles. The summed E-state index contributed by atoms with van der Waals surface area (Å²) in [7, 11) is 0. The van der Waals surface area contributed by atoms with Gasteiger partial charge in [0.1, 0.15) is 0 Å². The van der Waals surface area contributed by atoms with Gasteiger partial charge in [-0.25, -0.2) is 0 Å². The Labute approximate surface area is 131 Å². The summed E-state index contributed by atoms with van der Waals surface area (Å²) in [6.07, 6.45) is 4.74. The van der Waals surface area contributed by atoms with Crippen molar-refractivity contribution >= 4 is 39.1 Å². The Morgan fingerprint density at radius 2 is 2.20 bits per heavy atom. The Hall–Kier alpha value is -0.880. The van der Waals surface area contributed by atoms with Gasteiger partial charge in [0.15, 0.2) is 0 Å². The van der Waals surface area contributed by atoms with Crippen LogP contribution in [0.5, 0.6) is 0 Å². The first-order chi connectivity index (χ1) is 9.66. The van der Waals surface area contributed by atoms with E-state index in [1.807, 2.05) is 17.0 Å². The van der Waals surface area contributed by atoms with E-state index in [9.17, 15) is 9.59 Å². The van der Waals surface area contributed by atoms with Crippen LogP contribution < -0.4 is 5.32 Å². The van der Waals surface area contributed by atoms with Crippen LogP contribution in [-0.4, -0.2) is 36.3 Å². The number of carbonyl (C=O) groups excluding carboxylic acids is 2. The normalized spacial score (nSPS) is 16.1. The van der Waals surface area contributed by atoms with Gasteiger partial charge in [-0.2, -0.15) is 0 Å². The number of hydrogen-bond acceptors (Lipinski definition) is 3. The van der Waals surface area contributed by atoms with Crippen LogP contribution in [-0.2, 0) is 4.79 Å². The molecule has 1 fully saturated rings. The third-order valence-electron chi connectivity index (χ3n) is 3.36. The van der Waals surface area contributed by atoms with Gasteiger partial charge >= 0.3 is 0 Å². The molecule has 0 bridgehead atoms. The molecule has 1 aliphatic heterocycles. The molecule has 0 atom stereocenters. The summed E-state index contributed by atoms with van der Waals surface area (Å²) in [5, 5.41) is 2.89. The van der Waals surface area contributed by atoms with Gasteiger partial charge in [-0.15, -0.1) is 11.3 Å². The lowest BCUT2D eigenvalue weighted by Crippen LogP contribution is -2.33. The number of nitrogens with one attached hydrogen (secondary N) is 1. The summed E-state index contributed by atoms with van der Waals surface area (Å²) in [6.45, 7) is 2.22. The molecule has 6 heteroatoms. The molecule has 2 heterocycles. The monoisotopic (exact) mass is 358 g/mol. The van der Waals surface area contributed by atoms with Crippen molar-refractivity contribution in [1.29, 1.82) is 0 Å². The molecular weight excluding hydrogens is 340 g/mol. The summed E-state index contributed by atoms with van der Waals surface area (Å²) in [4.78, 5) is 26.3. The minimum Gasteiger partial charge on any atom is -0.351 e. The summed E-state index contributed by atoms with van der Waals surface area (Å²) < 4.78 is 0.956. The summed E-state index contributed by atoms with van der Waals surface area (Å²) in [5.74, 6) is 0.221. The van der Waals surface area contributed by atoms with E-state index in [0.29, 0.717) is 17.8 Å². The van der Waals surface area contributed by atoms with Crippen molar-refractivity contribution in [3.8, 4) is 0 Å². The van der Waals surface area contributed by atoms with E-state index in [4.69, 9.17) is 0 Å². The lowest BCUT2D eigenvalue weighted by Gasteiger charge is -2.20. The summed E-state index contributed by atoms with van der Waals surface area (Å²) in [5.41, 5.74) is 0. The predicted octanol–water partition coefficient (Wildman–Crippen LogP) is 3.03. The van der Waals surface area contributed by atoms with E-state index in [0.717, 1.165) is 42.6 Å². The van der Waals surface area contributed by atoms with Crippen LogP contribution in [0.25, 0.3) is 0 Å². The number of rotatable bonds is 5. The smallest absolute Gasteiger partial charge is 0.261 e. The van der Waals surface area contributed by atoms with Crippen molar-refractivity contribution in [2.24, 2.45) is 0 Å². The van der Waals surface area contributed by atoms with Crippen molar-refractivity contribution in [3.05, 3.63) is 20.8 Å². The van der Waals surface area contributed by atoms with Crippen LogP contribution in [0.2, 0.25) is 0 Å². The predicted molar refractivity (Wildman–Crippen MR) is 84.0 cm³/mol. The lowest BCUT2D eigenvalue weighted by atomic mass is 10.2. The molecule has 0 aromatic carbocycles. The van der Waals surface area contributed by atoms with Gasteiger partial charge in [-0.1, -0.05) is 6.42 Å². The van der Waals surface area contributed by atoms with E-state index >= 15 is 0 Å². The van der Waals surface area contributed by atoms with Gasteiger partial charge in [0.2, 0.25) is 5.91 Å². The first-order valence-electron chi connectivity index (χ1n) is 6.98. The highest BCUT2D eigenvalue weighted by atomic mass is 79.9. The number of hydrogen-bond donors (Lipinski definition) is 1. The molecule has 110 valence electrons. The summed E-state index contributed by atoms with van der Waals surface area (Å²) >= 11 is 4.77. The van der Waals surface area contributed by atoms with Crippen LogP contribution in [0.15, 0.2) is 15.9 Å². The fourth-order valence-electron chi connectivity index (χ4n) is 2.27. The number of amides is 2. The maximum Gasteiger partial charge on any atom is 0.261 e. The van der Waals surface area contributed by atoms with Crippen molar-refractivity contribution in [2.45, 2.75) is 32.1 Å². The van der Waals surface area contributed by atoms with E-state index in [1.165, 1.54) is 11.3 Å². The minimum atomic E-state index is -0.0390. The number of carbonyl (C=O) groups is 2. The number of thiophene rings is 1. The zero-order valence-corrected chi connectivity index (χ0v) is 13.8. The molecule has 0 radical (unpaired) electrons. The van der Waals surface area contributed by atoms with Crippen molar-refractivity contribution in [2.75, 3.05) is 19.6 Å². The maximum absolute atomic E-state index is 11.8. The number of halogens is 1. The second-order valence-corrected chi connectivity index (χ2v) is 7.37. The molecule has 1 N–H and O–H groups in total. The molecule has 1 saturated heterocycles. The summed E-state index contributed by atoms with van der Waals surface area (Å²) in [6, 6.07) is 3.68. The molecule has 4 nitrogen and oxygen atoms in total. The second kappa shape index (κ2) is 7.78. The Balaban J connectivity index is 1.68. The molecule has 2 amide bonds. The Bertz CT molecular complexity index is 475. The van der Waals surface area contributed by atoms with Crippen LogP contribution >= 0.6 is 27.3 Å². The molecule has 0 spiro atoms. The average Bonchev–Trinajstić information content (AvgIpc) is 2.76. The Morgan fingerprint density at radius 1 is 1.35 bits per heavy atom. The first kappa shape index (κ1) is 15.5. The third kappa shape index (κ3) is 4.59. The topological polar surface area (TPSA) is 49.4 Å². The Morgan fingerprint density at radius 3 is 2.95 bits per heavy atom. The van der Waals surface area contributed by atoms with Crippen molar-refractivity contribution in [1.82, 2.24) is 10.2 Å². The second-order valence-electron chi connectivity index (χ2n) is 4.90. The van der Waals surface area contributed by atoms with Gasteiger partial charge in [0, 0.05) is 26.1 Å². The van der Waals surface area contributed by atoms with Gasteiger partial charge in [0.05, 0.1) is 8.66 Å². The number of likely N-dealkylation sites (tertiary alicyclic amines) is 1. The minimum absolute atomic E-state index is 0.0390. The highest BCUT2D eigenvalue weighted by molar-refractivity contribution is 9.11. The van der Waals surface area contributed by atoms with Gasteiger partial charge in [0.25, 0.3) is 5.91 Å². The highest BCUT2D eigenvalue weighted by Crippen LogP contribution is 2.21. The fourth-order valence-corrected chi connectivity index (χ4v) is 3.57. The maximum atomic E-state index is 11.8. The van der Waals surface area contributed by atoms with Crippen molar-refractivity contribution in [3.63, 3.8) is 0 Å². The zero-order valence-electron chi connectivity index (χ0n) is 11.4. The Kier molecular flexibility index (Phi) is 6.04. The van der Waals surface area contributed by atoms with Gasteiger partial charge in [-0.05, 0) is 47.3 Å². The lowest BCUT2D eigenvalue weighted by molar-refractivity contribution is -0.130. The molecular formula is C14H19BrN2O2S. The molecule has 1 aromatic heterocycles. The standard InChI is InChI=1S/C14H19BrN2O2S/c15-12-7-6-11(20-12)14(19)16-8-4-10-17-9-3-1-2-5-13(17)18/h6-7H,1-5,8-10H2,(H,16,19). The molecule has 2 rings (SSSR count). The fraction of sp³-hybridized carbons (Fsp3) is 0.571. The van der Waals surface area contributed by atoms with Gasteiger partial charge in [-0.3, -0.25) is 9.59 Å². The van der Waals surface area contributed by atoms with Crippen LogP contribution in [0.3, 0.4) is 0 Å². The van der Waals surface area contributed by atoms with Crippen LogP contribution in [0, 0.1) is 0 Å². The average molecular weight is 359 g/mol. The van der Waals surface area contributed by atoms with E-state index in [-0.39, 0.29) is 11.8 Å². The van der Waals surface area contributed by atoms with Crippen LogP contribution in [0.4, 0.5) is 0 Å². The quantitative estimate of drug-likeness (QED) is 0.822. The number of nitrogens with zero attached hydrogens (tertiary/aromatic N) is 1. The van der Waals surface area contributed by atoms with E-state index in [1.54, 1.807) is 0 Å². The van der Waals surface area contributed by atoms with Gasteiger partial charge < -0.3 is 10.2 Å². The van der Waals surface area contributed by atoms with E-state index in [2.05, 4.69) is 21.2 Å². The third-order valence-corrected chi connectivity index (χ3v) is 4.98. The molecule has 0 aliphatic carbocycles. The van der Waals surface area contributed by atoms with Crippen LogP contribution in [0.1, 0.15) is 41.8 Å². The zero-order chi connectivity index (χ0) is 14.4. The molecule has 1 aliphatic rings. The highest BCUT2D eigenvalue weighted by Gasteiger charge is 2.15. The van der Waals surface area contributed by atoms with Crippen molar-refractivity contribution < 1.29 is 9.59 Å². The molecule has 0 unspecified atom stereocenters. The largest absolute Gasteiger partial charge is 0.351 e. The SMILES string of the molecule is O=C(NCCCN1CCCCCC1=O)c1ccc(Br)s1. The molecule has 1 aromatic rings.